The Morgan fingerprint density at radius 3 is 3.04 bits per heavy atom. The Labute approximate surface area is 169 Å². The molecule has 0 aliphatic carbocycles. The molecule has 0 saturated carbocycles. The predicted octanol–water partition coefficient (Wildman–Crippen LogP) is 4.82. The molecule has 1 N–H and O–H groups in total. The van der Waals surface area contributed by atoms with Crippen LogP contribution in [0.25, 0.3) is 11.2 Å². The first kappa shape index (κ1) is 18.7. The highest BCUT2D eigenvalue weighted by Crippen LogP contribution is 2.30. The smallest absolute Gasteiger partial charge is 0.321 e. The third kappa shape index (κ3) is 3.56. The zero-order valence-corrected chi connectivity index (χ0v) is 16.9. The number of likely N-dealkylation sites (tertiary alicyclic amines) is 1. The zero-order chi connectivity index (χ0) is 19.7. The second kappa shape index (κ2) is 7.80. The van der Waals surface area contributed by atoms with Gasteiger partial charge in [-0.1, -0.05) is 24.6 Å². The number of carbonyl (C=O) groups excluding carboxylic acids is 1. The number of pyridine rings is 1. The summed E-state index contributed by atoms with van der Waals surface area (Å²) < 4.78 is 2.21. The van der Waals surface area contributed by atoms with E-state index in [0.29, 0.717) is 18.1 Å². The van der Waals surface area contributed by atoms with Crippen molar-refractivity contribution in [2.24, 2.45) is 0 Å². The van der Waals surface area contributed by atoms with Crippen LogP contribution in [-0.2, 0) is 6.54 Å². The first-order valence-corrected chi connectivity index (χ1v) is 10.1. The van der Waals surface area contributed by atoms with Gasteiger partial charge in [-0.05, 0) is 49.6 Å². The number of benzene rings is 1. The summed E-state index contributed by atoms with van der Waals surface area (Å²) in [5, 5.41) is 3.61. The highest BCUT2D eigenvalue weighted by atomic mass is 35.5. The van der Waals surface area contributed by atoms with E-state index in [1.165, 1.54) is 0 Å². The summed E-state index contributed by atoms with van der Waals surface area (Å²) in [6.45, 7) is 6.35. The quantitative estimate of drug-likeness (QED) is 0.686. The lowest BCUT2D eigenvalue weighted by molar-refractivity contribution is 0.222. The van der Waals surface area contributed by atoms with Crippen LogP contribution in [-0.4, -0.2) is 38.6 Å². The van der Waals surface area contributed by atoms with Crippen molar-refractivity contribution in [2.45, 2.75) is 39.2 Å². The van der Waals surface area contributed by atoms with Crippen LogP contribution in [0, 0.1) is 6.92 Å². The first-order chi connectivity index (χ1) is 13.6. The van der Waals surface area contributed by atoms with Gasteiger partial charge in [-0.2, -0.15) is 0 Å². The van der Waals surface area contributed by atoms with Crippen LogP contribution in [0.2, 0.25) is 5.02 Å². The average molecular weight is 398 g/mol. The third-order valence-corrected chi connectivity index (χ3v) is 5.50. The summed E-state index contributed by atoms with van der Waals surface area (Å²) in [4.78, 5) is 24.0. The van der Waals surface area contributed by atoms with Gasteiger partial charge in [0.05, 0.1) is 0 Å². The van der Waals surface area contributed by atoms with Crippen molar-refractivity contribution in [3.8, 4) is 0 Å². The lowest BCUT2D eigenvalue weighted by Crippen LogP contribution is -2.33. The van der Waals surface area contributed by atoms with Gasteiger partial charge in [0.1, 0.15) is 11.3 Å². The largest absolute Gasteiger partial charge is 0.324 e. The molecule has 0 spiro atoms. The molecule has 2 aromatic heterocycles. The van der Waals surface area contributed by atoms with Gasteiger partial charge in [0.25, 0.3) is 0 Å². The minimum absolute atomic E-state index is 0.0934. The molecule has 3 heterocycles. The van der Waals surface area contributed by atoms with Gasteiger partial charge in [0.2, 0.25) is 0 Å². The number of aryl methyl sites for hydroxylation is 2. The highest BCUT2D eigenvalue weighted by molar-refractivity contribution is 6.31. The molecule has 146 valence electrons. The monoisotopic (exact) mass is 397 g/mol. The molecule has 1 atom stereocenters. The number of imidazole rings is 1. The van der Waals surface area contributed by atoms with Gasteiger partial charge in [-0.15, -0.1) is 0 Å². The first-order valence-electron chi connectivity index (χ1n) is 9.70. The number of urea groups is 1. The van der Waals surface area contributed by atoms with Crippen molar-refractivity contribution < 1.29 is 4.79 Å². The fourth-order valence-corrected chi connectivity index (χ4v) is 3.98. The van der Waals surface area contributed by atoms with Crippen molar-refractivity contribution in [2.75, 3.05) is 18.4 Å². The maximum absolute atomic E-state index is 12.8. The molecule has 0 bridgehead atoms. The number of fused-ring (bicyclic) bond motifs is 1. The molecule has 6 nitrogen and oxygen atoms in total. The number of rotatable bonds is 4. The summed E-state index contributed by atoms with van der Waals surface area (Å²) in [6.07, 6.45) is 3.72. The second-order valence-electron chi connectivity index (χ2n) is 7.29. The summed E-state index contributed by atoms with van der Waals surface area (Å²) in [6, 6.07) is 9.34. The van der Waals surface area contributed by atoms with Crippen LogP contribution in [0.15, 0.2) is 36.5 Å². The molecule has 1 aliphatic rings. The minimum Gasteiger partial charge on any atom is -0.324 e. The van der Waals surface area contributed by atoms with Crippen LogP contribution in [0.3, 0.4) is 0 Å². The van der Waals surface area contributed by atoms with Crippen LogP contribution >= 0.6 is 11.6 Å². The van der Waals surface area contributed by atoms with E-state index in [-0.39, 0.29) is 11.9 Å². The number of hydrogen-bond donors (Lipinski definition) is 1. The van der Waals surface area contributed by atoms with Crippen molar-refractivity contribution in [3.05, 3.63) is 52.9 Å². The molecule has 3 aromatic rings. The van der Waals surface area contributed by atoms with Crippen LogP contribution in [0.4, 0.5) is 10.5 Å². The Balaban J connectivity index is 1.52. The lowest BCUT2D eigenvalue weighted by atomic mass is 10.1. The van der Waals surface area contributed by atoms with E-state index in [4.69, 9.17) is 16.6 Å². The molecular formula is C21H24ClN5O. The number of hydrogen-bond acceptors (Lipinski definition) is 3. The summed E-state index contributed by atoms with van der Waals surface area (Å²) in [5.41, 5.74) is 3.59. The summed E-state index contributed by atoms with van der Waals surface area (Å²) in [7, 11) is 0. The maximum atomic E-state index is 12.8. The van der Waals surface area contributed by atoms with Gasteiger partial charge < -0.3 is 14.8 Å². The number of carbonyl (C=O) groups is 1. The fraction of sp³-hybridized carbons (Fsp3) is 0.381. The molecular weight excluding hydrogens is 374 g/mol. The molecule has 1 aromatic carbocycles. The van der Waals surface area contributed by atoms with E-state index >= 15 is 0 Å². The Hall–Kier alpha value is -2.60. The van der Waals surface area contributed by atoms with Crippen LogP contribution in [0.1, 0.15) is 37.1 Å². The predicted molar refractivity (Wildman–Crippen MR) is 112 cm³/mol. The molecule has 1 saturated heterocycles. The Kier molecular flexibility index (Phi) is 5.22. The molecule has 7 heteroatoms. The SMILES string of the molecule is CCCn1c([C@@H]2CCN(C(=O)Nc3cc(Cl)ccc3C)C2)nc2cccnc21. The highest BCUT2D eigenvalue weighted by Gasteiger charge is 2.31. The number of anilines is 1. The number of nitrogens with zero attached hydrogens (tertiary/aromatic N) is 4. The normalized spacial score (nSPS) is 16.7. The summed E-state index contributed by atoms with van der Waals surface area (Å²) >= 11 is 6.07. The lowest BCUT2D eigenvalue weighted by Gasteiger charge is -2.19. The van der Waals surface area contributed by atoms with E-state index in [1.807, 2.05) is 42.3 Å². The standard InChI is InChI=1S/C21H24ClN5O/c1-3-10-27-19(24-17-5-4-9-23-20(17)27)15-8-11-26(13-15)21(28)25-18-12-16(22)7-6-14(18)2/h4-7,9,12,15H,3,8,10-11,13H2,1-2H3,(H,25,28)/t15-/m1/s1. The minimum atomic E-state index is -0.0934. The Morgan fingerprint density at radius 2 is 2.21 bits per heavy atom. The number of nitrogens with one attached hydrogen (secondary N) is 1. The fourth-order valence-electron chi connectivity index (χ4n) is 3.81. The Bertz CT molecular complexity index is 1020. The van der Waals surface area contributed by atoms with E-state index < -0.39 is 0 Å². The van der Waals surface area contributed by atoms with E-state index in [1.54, 1.807) is 6.07 Å². The molecule has 28 heavy (non-hydrogen) atoms. The average Bonchev–Trinajstić information content (AvgIpc) is 3.30. The molecule has 0 unspecified atom stereocenters. The molecule has 1 fully saturated rings. The molecule has 4 rings (SSSR count). The van der Waals surface area contributed by atoms with Crippen LogP contribution in [0.5, 0.6) is 0 Å². The van der Waals surface area contributed by atoms with Crippen molar-refractivity contribution >= 4 is 34.5 Å². The van der Waals surface area contributed by atoms with Gasteiger partial charge in [-0.25, -0.2) is 14.8 Å². The van der Waals surface area contributed by atoms with E-state index in [9.17, 15) is 4.79 Å². The Morgan fingerprint density at radius 1 is 1.36 bits per heavy atom. The topological polar surface area (TPSA) is 63.1 Å². The number of aromatic nitrogens is 3. The van der Waals surface area contributed by atoms with E-state index in [2.05, 4.69) is 21.8 Å². The maximum Gasteiger partial charge on any atom is 0.321 e. The molecule has 2 amide bonds. The van der Waals surface area contributed by atoms with E-state index in [0.717, 1.165) is 47.6 Å². The number of halogens is 1. The van der Waals surface area contributed by atoms with Crippen molar-refractivity contribution in [1.29, 1.82) is 0 Å². The second-order valence-corrected chi connectivity index (χ2v) is 7.73. The van der Waals surface area contributed by atoms with Gasteiger partial charge in [0, 0.05) is 42.5 Å². The zero-order valence-electron chi connectivity index (χ0n) is 16.2. The molecule has 0 radical (unpaired) electrons. The van der Waals surface area contributed by atoms with Crippen LogP contribution < -0.4 is 5.32 Å². The van der Waals surface area contributed by atoms with Gasteiger partial charge in [-0.3, -0.25) is 0 Å². The van der Waals surface area contributed by atoms with Gasteiger partial charge >= 0.3 is 6.03 Å². The number of amides is 2. The third-order valence-electron chi connectivity index (χ3n) is 5.26. The molecule has 1 aliphatic heterocycles. The van der Waals surface area contributed by atoms with Gasteiger partial charge in [0.15, 0.2) is 5.65 Å². The van der Waals surface area contributed by atoms with Crippen molar-refractivity contribution in [1.82, 2.24) is 19.4 Å². The van der Waals surface area contributed by atoms with Crippen molar-refractivity contribution in [3.63, 3.8) is 0 Å². The summed E-state index contributed by atoms with van der Waals surface area (Å²) in [5.74, 6) is 1.25.